The Balaban J connectivity index is 0.000000224. The third kappa shape index (κ3) is 5.33. The summed E-state index contributed by atoms with van der Waals surface area (Å²) < 4.78 is 0.887. The number of carbonyl (C=O) groups is 2. The summed E-state index contributed by atoms with van der Waals surface area (Å²) in [6.07, 6.45) is 0. The van der Waals surface area contributed by atoms with E-state index in [0.29, 0.717) is 5.56 Å². The molecule has 0 atom stereocenters. The molecule has 0 radical (unpaired) electrons. The van der Waals surface area contributed by atoms with Crippen molar-refractivity contribution in [2.45, 2.75) is 0 Å². The third-order valence-electron chi connectivity index (χ3n) is 2.42. The van der Waals surface area contributed by atoms with Gasteiger partial charge in [0.05, 0.1) is 16.1 Å². The van der Waals surface area contributed by atoms with E-state index in [1.807, 2.05) is 0 Å². The van der Waals surface area contributed by atoms with Crippen LogP contribution in [0.5, 0.6) is 0 Å². The highest BCUT2D eigenvalue weighted by molar-refractivity contribution is 9.10. The summed E-state index contributed by atoms with van der Waals surface area (Å²) in [4.78, 5) is 30.2. The molecule has 7 nitrogen and oxygen atoms in total. The topological polar surface area (TPSA) is 118 Å². The van der Waals surface area contributed by atoms with E-state index < -0.39 is 16.9 Å². The van der Waals surface area contributed by atoms with Gasteiger partial charge in [0.2, 0.25) is 0 Å². The van der Waals surface area contributed by atoms with Crippen molar-refractivity contribution in [1.29, 1.82) is 0 Å². The molecule has 0 unspecified atom stereocenters. The Bertz CT molecular complexity index is 648. The lowest BCUT2D eigenvalue weighted by molar-refractivity contribution is -0.384. The van der Waals surface area contributed by atoms with Crippen LogP contribution in [0, 0.1) is 10.1 Å². The van der Waals surface area contributed by atoms with E-state index in [4.69, 9.17) is 10.2 Å². The zero-order chi connectivity index (χ0) is 16.7. The van der Waals surface area contributed by atoms with Gasteiger partial charge in [-0.05, 0) is 36.4 Å². The molecular formula is C14H10BrNO6. The van der Waals surface area contributed by atoms with Crippen LogP contribution in [0.1, 0.15) is 20.7 Å². The molecule has 22 heavy (non-hydrogen) atoms. The Morgan fingerprint density at radius 2 is 1.23 bits per heavy atom. The monoisotopic (exact) mass is 367 g/mol. The van der Waals surface area contributed by atoms with Crippen molar-refractivity contribution < 1.29 is 24.7 Å². The van der Waals surface area contributed by atoms with Crippen LogP contribution in [0.25, 0.3) is 0 Å². The zero-order valence-electron chi connectivity index (χ0n) is 11.0. The predicted octanol–water partition coefficient (Wildman–Crippen LogP) is 3.44. The number of nitro groups is 1. The highest BCUT2D eigenvalue weighted by Gasteiger charge is 2.06. The Morgan fingerprint density at radius 3 is 1.55 bits per heavy atom. The molecule has 0 spiro atoms. The lowest BCUT2D eigenvalue weighted by Crippen LogP contribution is -1.96. The molecule has 0 heterocycles. The lowest BCUT2D eigenvalue weighted by atomic mass is 10.2. The number of carboxylic acid groups (broad SMARTS) is 2. The molecule has 0 amide bonds. The Kier molecular flexibility index (Phi) is 6.21. The molecular weight excluding hydrogens is 358 g/mol. The first-order chi connectivity index (χ1) is 10.3. The van der Waals surface area contributed by atoms with Crippen molar-refractivity contribution in [2.75, 3.05) is 0 Å². The van der Waals surface area contributed by atoms with Crippen LogP contribution in [-0.4, -0.2) is 27.1 Å². The van der Waals surface area contributed by atoms with Gasteiger partial charge in [-0.15, -0.1) is 0 Å². The second kappa shape index (κ2) is 7.89. The molecule has 2 aromatic rings. The van der Waals surface area contributed by atoms with Crippen LogP contribution in [0.15, 0.2) is 53.0 Å². The summed E-state index contributed by atoms with van der Waals surface area (Å²) in [7, 11) is 0. The number of non-ortho nitro benzene ring substituents is 1. The standard InChI is InChI=1S/C7H5BrO2.C7H5NO4/c8-6-3-1-5(2-4-6)7(9)10;9-7(10)5-1-3-6(4-2-5)8(11)12/h1-4H,(H,9,10);1-4H,(H,9,10). The number of nitrogens with zero attached hydrogens (tertiary/aromatic N) is 1. The first-order valence-corrected chi connectivity index (χ1v) is 6.57. The SMILES string of the molecule is O=C(O)c1ccc(Br)cc1.O=C(O)c1ccc([N+](=O)[O-])cc1. The number of halogens is 1. The van der Waals surface area contributed by atoms with Crippen molar-refractivity contribution in [2.24, 2.45) is 0 Å². The number of rotatable bonds is 3. The van der Waals surface area contributed by atoms with Crippen molar-refractivity contribution in [3.63, 3.8) is 0 Å². The molecule has 114 valence electrons. The Morgan fingerprint density at radius 1 is 0.864 bits per heavy atom. The van der Waals surface area contributed by atoms with E-state index in [2.05, 4.69) is 15.9 Å². The summed E-state index contributed by atoms with van der Waals surface area (Å²) in [5.74, 6) is -1.99. The van der Waals surface area contributed by atoms with E-state index in [1.54, 1.807) is 24.3 Å². The molecule has 0 aliphatic carbocycles. The maximum atomic E-state index is 10.3. The maximum absolute atomic E-state index is 10.3. The number of nitro benzene ring substituents is 1. The van der Waals surface area contributed by atoms with Gasteiger partial charge in [-0.2, -0.15) is 0 Å². The van der Waals surface area contributed by atoms with Gasteiger partial charge in [-0.3, -0.25) is 10.1 Å². The molecule has 2 aromatic carbocycles. The van der Waals surface area contributed by atoms with Gasteiger partial charge in [0.25, 0.3) is 5.69 Å². The van der Waals surface area contributed by atoms with E-state index in [-0.39, 0.29) is 11.3 Å². The highest BCUT2D eigenvalue weighted by atomic mass is 79.9. The maximum Gasteiger partial charge on any atom is 0.335 e. The van der Waals surface area contributed by atoms with Crippen molar-refractivity contribution >= 4 is 33.6 Å². The van der Waals surface area contributed by atoms with Crippen molar-refractivity contribution in [3.8, 4) is 0 Å². The summed E-state index contributed by atoms with van der Waals surface area (Å²) >= 11 is 3.20. The minimum absolute atomic E-state index is 0.0422. The van der Waals surface area contributed by atoms with Gasteiger partial charge in [0.1, 0.15) is 0 Å². The van der Waals surface area contributed by atoms with Gasteiger partial charge in [-0.25, -0.2) is 9.59 Å². The molecule has 0 bridgehead atoms. The molecule has 0 fully saturated rings. The van der Waals surface area contributed by atoms with Gasteiger partial charge in [0.15, 0.2) is 0 Å². The fourth-order valence-electron chi connectivity index (χ4n) is 1.32. The smallest absolute Gasteiger partial charge is 0.335 e. The van der Waals surface area contributed by atoms with Crippen molar-refractivity contribution in [1.82, 2.24) is 0 Å². The Labute approximate surface area is 133 Å². The zero-order valence-corrected chi connectivity index (χ0v) is 12.6. The molecule has 0 saturated heterocycles. The first-order valence-electron chi connectivity index (χ1n) is 5.78. The van der Waals surface area contributed by atoms with E-state index in [9.17, 15) is 19.7 Å². The first kappa shape index (κ1) is 17.3. The van der Waals surface area contributed by atoms with E-state index in [0.717, 1.165) is 16.6 Å². The fraction of sp³-hybridized carbons (Fsp3) is 0. The minimum Gasteiger partial charge on any atom is -0.478 e. The van der Waals surface area contributed by atoms with Gasteiger partial charge < -0.3 is 10.2 Å². The number of hydrogen-bond acceptors (Lipinski definition) is 4. The van der Waals surface area contributed by atoms with Gasteiger partial charge in [-0.1, -0.05) is 15.9 Å². The average molecular weight is 368 g/mol. The minimum atomic E-state index is -1.09. The summed E-state index contributed by atoms with van der Waals surface area (Å²) in [5.41, 5.74) is 0.240. The van der Waals surface area contributed by atoms with Crippen LogP contribution in [0.3, 0.4) is 0 Å². The molecule has 0 saturated carbocycles. The molecule has 0 aliphatic rings. The number of aromatic carboxylic acids is 2. The average Bonchev–Trinajstić information content (AvgIpc) is 2.48. The summed E-state index contributed by atoms with van der Waals surface area (Å²) in [5, 5.41) is 27.0. The second-order valence-corrected chi connectivity index (χ2v) is 4.84. The van der Waals surface area contributed by atoms with Crippen molar-refractivity contribution in [3.05, 3.63) is 74.2 Å². The van der Waals surface area contributed by atoms with E-state index in [1.165, 1.54) is 12.1 Å². The van der Waals surface area contributed by atoms with Crippen LogP contribution in [0.4, 0.5) is 5.69 Å². The number of benzene rings is 2. The highest BCUT2D eigenvalue weighted by Crippen LogP contribution is 2.11. The molecule has 8 heteroatoms. The quantitative estimate of drug-likeness (QED) is 0.633. The van der Waals surface area contributed by atoms with Crippen LogP contribution in [0.2, 0.25) is 0 Å². The molecule has 2 rings (SSSR count). The number of hydrogen-bond donors (Lipinski definition) is 2. The number of carboxylic acids is 2. The predicted molar refractivity (Wildman–Crippen MR) is 81.2 cm³/mol. The molecule has 0 aliphatic heterocycles. The van der Waals surface area contributed by atoms with Gasteiger partial charge >= 0.3 is 11.9 Å². The summed E-state index contributed by atoms with van der Waals surface area (Å²) in [6.45, 7) is 0. The third-order valence-corrected chi connectivity index (χ3v) is 2.94. The van der Waals surface area contributed by atoms with Crippen LogP contribution in [-0.2, 0) is 0 Å². The molecule has 0 aromatic heterocycles. The normalized spacial score (nSPS) is 9.32. The van der Waals surface area contributed by atoms with Crippen LogP contribution >= 0.6 is 15.9 Å². The largest absolute Gasteiger partial charge is 0.478 e. The lowest BCUT2D eigenvalue weighted by Gasteiger charge is -1.92. The van der Waals surface area contributed by atoms with Crippen LogP contribution < -0.4 is 0 Å². The molecule has 2 N–H and O–H groups in total. The van der Waals surface area contributed by atoms with E-state index >= 15 is 0 Å². The second-order valence-electron chi connectivity index (χ2n) is 3.92. The fourth-order valence-corrected chi connectivity index (χ4v) is 1.58. The van der Waals surface area contributed by atoms with Gasteiger partial charge in [0, 0.05) is 16.6 Å². The summed E-state index contributed by atoms with van der Waals surface area (Å²) in [6, 6.07) is 11.2. The Hall–Kier alpha value is -2.74.